The summed E-state index contributed by atoms with van der Waals surface area (Å²) in [4.78, 5) is 31.0. The number of alkyl halides is 8. The third kappa shape index (κ3) is 11.5. The summed E-state index contributed by atoms with van der Waals surface area (Å²) >= 11 is 0. The molecule has 0 amide bonds. The molecule has 0 aliphatic carbocycles. The predicted octanol–water partition coefficient (Wildman–Crippen LogP) is 1.29. The number of rotatable bonds is 2. The molecule has 0 heterocycles. The van der Waals surface area contributed by atoms with E-state index in [1.807, 2.05) is 0 Å². The van der Waals surface area contributed by atoms with Gasteiger partial charge in [-0.3, -0.25) is 0 Å². The molecule has 0 atom stereocenters. The van der Waals surface area contributed by atoms with Crippen LogP contribution in [0.5, 0.6) is 0 Å². The molecule has 21 heavy (non-hydrogen) atoms. The maximum absolute atomic E-state index is 11.2. The van der Waals surface area contributed by atoms with Crippen LogP contribution in [-0.2, 0) is 13.4 Å². The molecule has 0 fully saturated rings. The van der Waals surface area contributed by atoms with Crippen molar-refractivity contribution in [2.45, 2.75) is 18.3 Å². The molecule has 18 heteroatoms. The van der Waals surface area contributed by atoms with Crippen LogP contribution >= 0.6 is 15.6 Å². The van der Waals surface area contributed by atoms with Gasteiger partial charge in [-0.15, -0.1) is 0 Å². The Balaban J connectivity index is -0.000000300. The fourth-order valence-corrected chi connectivity index (χ4v) is 1.41. The molecule has 0 aliphatic rings. The van der Waals surface area contributed by atoms with Gasteiger partial charge in [-0.05, 0) is 0 Å². The van der Waals surface area contributed by atoms with Crippen LogP contribution in [0.1, 0.15) is 0 Å². The van der Waals surface area contributed by atoms with Crippen molar-refractivity contribution in [3.05, 3.63) is 0 Å². The van der Waals surface area contributed by atoms with Gasteiger partial charge in [-0.25, -0.2) is 9.13 Å². The van der Waals surface area contributed by atoms with Crippen LogP contribution in [0.2, 0.25) is 0 Å². The molecule has 7 nitrogen and oxygen atoms in total. The van der Waals surface area contributed by atoms with Gasteiger partial charge in [-0.2, -0.15) is 39.4 Å². The van der Waals surface area contributed by atoms with Gasteiger partial charge in [0.25, 0.3) is 0 Å². The number of halogens is 8. The van der Waals surface area contributed by atoms with Gasteiger partial charge in [0.2, 0.25) is 0 Å². The predicted molar refractivity (Wildman–Crippen MR) is 49.4 cm³/mol. The second kappa shape index (κ2) is 7.72. The van der Waals surface area contributed by atoms with Crippen LogP contribution in [0.4, 0.5) is 35.1 Å². The molecule has 0 spiro atoms. The van der Waals surface area contributed by atoms with Crippen molar-refractivity contribution in [2.24, 2.45) is 0 Å². The third-order valence-electron chi connectivity index (χ3n) is 0.925. The van der Waals surface area contributed by atoms with Gasteiger partial charge in [0, 0.05) is 0 Å². The SMILES string of the molecule is FC(F)(F)C(F)(F)C(F)(F)F.O=P(O)(O)OP(=O)(O)O.[LiH]. The van der Waals surface area contributed by atoms with E-state index in [9.17, 15) is 44.3 Å². The Morgan fingerprint density at radius 1 is 0.667 bits per heavy atom. The van der Waals surface area contributed by atoms with E-state index in [0.29, 0.717) is 0 Å². The van der Waals surface area contributed by atoms with Crippen LogP contribution in [0.3, 0.4) is 0 Å². The van der Waals surface area contributed by atoms with E-state index in [2.05, 4.69) is 4.31 Å². The first-order valence-corrected chi connectivity index (χ1v) is 6.60. The number of hydrogen-bond donors (Lipinski definition) is 4. The van der Waals surface area contributed by atoms with Crippen molar-refractivity contribution in [1.82, 2.24) is 0 Å². The summed E-state index contributed by atoms with van der Waals surface area (Å²) in [6, 6.07) is 0. The summed E-state index contributed by atoms with van der Waals surface area (Å²) in [5.74, 6) is -6.62. The van der Waals surface area contributed by atoms with E-state index in [0.717, 1.165) is 0 Å². The standard InChI is InChI=1S/C3F8.Li.H4O7P2.H/c4-1(5,2(6,7)8)3(9,10)11;;1-8(2,3)7-9(4,5)6;/h;;(H2,1,2,3)(H2,4,5,6);. The Morgan fingerprint density at radius 3 is 0.857 bits per heavy atom. The summed E-state index contributed by atoms with van der Waals surface area (Å²) in [5.41, 5.74) is 0. The Hall–Kier alpha value is 0.297. The van der Waals surface area contributed by atoms with Gasteiger partial charge in [0.05, 0.1) is 0 Å². The molecule has 4 N–H and O–H groups in total. The molecule has 0 aliphatic heterocycles. The number of hydrogen-bond acceptors (Lipinski definition) is 3. The van der Waals surface area contributed by atoms with Crippen molar-refractivity contribution < 1.29 is 68.1 Å². The van der Waals surface area contributed by atoms with E-state index < -0.39 is 33.9 Å². The van der Waals surface area contributed by atoms with E-state index in [-0.39, 0.29) is 18.9 Å². The van der Waals surface area contributed by atoms with Crippen molar-refractivity contribution in [3.63, 3.8) is 0 Å². The average Bonchev–Trinajstić information content (AvgIpc) is 1.91. The van der Waals surface area contributed by atoms with Gasteiger partial charge < -0.3 is 19.6 Å². The van der Waals surface area contributed by atoms with E-state index in [1.165, 1.54) is 0 Å². The van der Waals surface area contributed by atoms with Crippen LogP contribution in [0.25, 0.3) is 0 Å². The molecule has 0 bridgehead atoms. The quantitative estimate of drug-likeness (QED) is 0.326. The fraction of sp³-hybridized carbons (Fsp3) is 1.00. The molecule has 0 unspecified atom stereocenters. The molecule has 0 saturated carbocycles. The molecule has 0 aromatic rings. The second-order valence-electron chi connectivity index (χ2n) is 2.63. The first-order chi connectivity index (χ1) is 8.21. The second-order valence-corrected chi connectivity index (χ2v) is 5.25. The monoisotopic (exact) mass is 374 g/mol. The van der Waals surface area contributed by atoms with Crippen LogP contribution in [0.15, 0.2) is 0 Å². The van der Waals surface area contributed by atoms with Crippen molar-refractivity contribution in [2.75, 3.05) is 0 Å². The molecular weight excluding hydrogens is 369 g/mol. The van der Waals surface area contributed by atoms with Crippen molar-refractivity contribution in [1.29, 1.82) is 0 Å². The van der Waals surface area contributed by atoms with Crippen molar-refractivity contribution >= 4 is 34.5 Å². The van der Waals surface area contributed by atoms with E-state index in [4.69, 9.17) is 19.6 Å². The Morgan fingerprint density at radius 2 is 0.857 bits per heavy atom. The third-order valence-corrected chi connectivity index (χ3v) is 2.63. The zero-order chi connectivity index (χ0) is 17.2. The summed E-state index contributed by atoms with van der Waals surface area (Å²) in [7, 11) is -10.1. The van der Waals surface area contributed by atoms with E-state index >= 15 is 0 Å². The topological polar surface area (TPSA) is 124 Å². The zero-order valence-corrected chi connectivity index (χ0v) is 10.2. The first kappa shape index (κ1) is 26.2. The molecule has 0 saturated heterocycles. The first-order valence-electron chi connectivity index (χ1n) is 3.54. The maximum atomic E-state index is 11.2. The van der Waals surface area contributed by atoms with Crippen LogP contribution in [0, 0.1) is 0 Å². The summed E-state index contributed by atoms with van der Waals surface area (Å²) in [6.45, 7) is 0. The van der Waals surface area contributed by atoms with Gasteiger partial charge in [-0.1, -0.05) is 0 Å². The molecular formula is C3H5F8LiO7P2. The normalized spacial score (nSPS) is 13.9. The Bertz CT molecular complexity index is 371. The number of phosphoric acid groups is 2. The Kier molecular flexibility index (Phi) is 9.63. The minimum atomic E-state index is -6.62. The van der Waals surface area contributed by atoms with Crippen molar-refractivity contribution in [3.8, 4) is 0 Å². The van der Waals surface area contributed by atoms with Gasteiger partial charge in [0.1, 0.15) is 0 Å². The molecule has 0 rings (SSSR count). The summed E-state index contributed by atoms with van der Waals surface area (Å²) in [6.07, 6.45) is -13.2. The van der Waals surface area contributed by atoms with Crippen LogP contribution < -0.4 is 0 Å². The van der Waals surface area contributed by atoms with E-state index in [1.54, 1.807) is 0 Å². The van der Waals surface area contributed by atoms with Crippen LogP contribution in [-0.4, -0.2) is 56.7 Å². The molecule has 126 valence electrons. The zero-order valence-electron chi connectivity index (χ0n) is 8.43. The summed E-state index contributed by atoms with van der Waals surface area (Å²) < 4.78 is 110. The minimum absolute atomic E-state index is 0. The molecule has 0 aromatic heterocycles. The summed E-state index contributed by atoms with van der Waals surface area (Å²) in [5, 5.41) is 0. The molecule has 0 aromatic carbocycles. The Labute approximate surface area is 121 Å². The molecule has 0 radical (unpaired) electrons. The average molecular weight is 374 g/mol. The van der Waals surface area contributed by atoms with Gasteiger partial charge in [0.15, 0.2) is 0 Å². The van der Waals surface area contributed by atoms with Gasteiger partial charge >= 0.3 is 52.8 Å². The fourth-order valence-electron chi connectivity index (χ4n) is 0.299.